The average molecular weight is 315 g/mol. The number of rotatable bonds is 3. The van der Waals surface area contributed by atoms with Crippen molar-refractivity contribution >= 4 is 17.1 Å². The van der Waals surface area contributed by atoms with Crippen LogP contribution in [0.3, 0.4) is 0 Å². The minimum atomic E-state index is -0.166. The van der Waals surface area contributed by atoms with Crippen molar-refractivity contribution in [2.24, 2.45) is 7.05 Å². The Morgan fingerprint density at radius 2 is 1.96 bits per heavy atom. The van der Waals surface area contributed by atoms with Gasteiger partial charge in [0.1, 0.15) is 0 Å². The van der Waals surface area contributed by atoms with Crippen molar-refractivity contribution in [1.29, 1.82) is 0 Å². The van der Waals surface area contributed by atoms with Crippen LogP contribution in [0, 0.1) is 11.8 Å². The molecule has 0 bridgehead atoms. The van der Waals surface area contributed by atoms with Crippen LogP contribution in [-0.4, -0.2) is 39.3 Å². The second-order valence-electron chi connectivity index (χ2n) is 5.61. The van der Waals surface area contributed by atoms with E-state index in [4.69, 9.17) is 4.74 Å². The first-order chi connectivity index (χ1) is 11.2. The molecule has 0 unspecified atom stereocenters. The number of methoxy groups -OCH3 is 1. The molecule has 7 nitrogen and oxygen atoms in total. The van der Waals surface area contributed by atoms with Crippen molar-refractivity contribution in [3.63, 3.8) is 0 Å². The van der Waals surface area contributed by atoms with E-state index >= 15 is 0 Å². The Balaban J connectivity index is 2.23. The Morgan fingerprint density at radius 3 is 2.61 bits per heavy atom. The molecule has 0 aromatic carbocycles. The van der Waals surface area contributed by atoms with Crippen molar-refractivity contribution in [1.82, 2.24) is 19.1 Å². The van der Waals surface area contributed by atoms with Gasteiger partial charge >= 0.3 is 6.01 Å². The lowest BCUT2D eigenvalue weighted by Crippen LogP contribution is -2.32. The maximum Gasteiger partial charge on any atom is 0.300 e. The molecule has 0 saturated carbocycles. The molecular formula is C16H21N5O2. The van der Waals surface area contributed by atoms with Crippen molar-refractivity contribution in [2.45, 2.75) is 32.7 Å². The number of fused-ring (bicyclic) bond motifs is 1. The summed E-state index contributed by atoms with van der Waals surface area (Å²) in [6.07, 6.45) is 3.51. The molecule has 0 aliphatic carbocycles. The molecule has 1 saturated heterocycles. The van der Waals surface area contributed by atoms with Crippen LogP contribution in [0.25, 0.3) is 11.2 Å². The number of ether oxygens (including phenoxy) is 1. The van der Waals surface area contributed by atoms with E-state index in [1.54, 1.807) is 14.0 Å². The normalized spacial score (nSPS) is 14.7. The summed E-state index contributed by atoms with van der Waals surface area (Å²) < 4.78 is 8.45. The highest BCUT2D eigenvalue weighted by atomic mass is 16.5. The molecule has 3 rings (SSSR count). The molecule has 2 aromatic heterocycles. The molecule has 7 heteroatoms. The van der Waals surface area contributed by atoms with Crippen molar-refractivity contribution < 1.29 is 4.74 Å². The fourth-order valence-corrected chi connectivity index (χ4v) is 2.95. The van der Waals surface area contributed by atoms with E-state index in [0.29, 0.717) is 17.7 Å². The van der Waals surface area contributed by atoms with Crippen LogP contribution in [-0.2, 0) is 13.6 Å². The summed E-state index contributed by atoms with van der Waals surface area (Å²) in [5.74, 6) is 6.70. The maximum absolute atomic E-state index is 12.7. The summed E-state index contributed by atoms with van der Waals surface area (Å²) in [6.45, 7) is 4.11. The number of hydrogen-bond acceptors (Lipinski definition) is 5. The third-order valence-electron chi connectivity index (χ3n) is 4.16. The predicted molar refractivity (Wildman–Crippen MR) is 88.8 cm³/mol. The van der Waals surface area contributed by atoms with Crippen LogP contribution in [0.1, 0.15) is 26.2 Å². The lowest BCUT2D eigenvalue weighted by Gasteiger charge is -2.27. The lowest BCUT2D eigenvalue weighted by atomic mass is 10.1. The van der Waals surface area contributed by atoms with Crippen LogP contribution in [0.2, 0.25) is 0 Å². The largest absolute Gasteiger partial charge is 0.468 e. The molecule has 1 fully saturated rings. The van der Waals surface area contributed by atoms with Gasteiger partial charge in [-0.25, -0.2) is 0 Å². The van der Waals surface area contributed by atoms with E-state index in [2.05, 4.69) is 26.7 Å². The highest BCUT2D eigenvalue weighted by Gasteiger charge is 2.23. The number of hydrogen-bond donors (Lipinski definition) is 0. The number of anilines is 1. The second-order valence-corrected chi connectivity index (χ2v) is 5.61. The standard InChI is InChI=1S/C16H21N5O2/c1-4-5-11-21-12-13(18-16(23-3)19(2)14(12)22)17-15(21)20-9-7-6-8-10-20/h6-11H2,1-3H3. The molecule has 1 aliphatic heterocycles. The Kier molecular flexibility index (Phi) is 4.24. The summed E-state index contributed by atoms with van der Waals surface area (Å²) in [6, 6.07) is 0.263. The highest BCUT2D eigenvalue weighted by Crippen LogP contribution is 2.23. The zero-order valence-electron chi connectivity index (χ0n) is 13.8. The molecule has 0 atom stereocenters. The van der Waals surface area contributed by atoms with E-state index in [1.165, 1.54) is 18.1 Å². The van der Waals surface area contributed by atoms with Crippen LogP contribution < -0.4 is 15.2 Å². The predicted octanol–water partition coefficient (Wildman–Crippen LogP) is 1.15. The fraction of sp³-hybridized carbons (Fsp3) is 0.562. The lowest BCUT2D eigenvalue weighted by molar-refractivity contribution is 0.359. The quantitative estimate of drug-likeness (QED) is 0.795. The van der Waals surface area contributed by atoms with E-state index in [-0.39, 0.29) is 11.6 Å². The molecule has 1 aliphatic rings. The number of imidazole rings is 1. The summed E-state index contributed by atoms with van der Waals surface area (Å²) in [4.78, 5) is 23.9. The molecule has 0 N–H and O–H groups in total. The minimum absolute atomic E-state index is 0.166. The second kappa shape index (κ2) is 6.32. The fourth-order valence-electron chi connectivity index (χ4n) is 2.95. The van der Waals surface area contributed by atoms with Crippen molar-refractivity contribution in [2.75, 3.05) is 25.1 Å². The summed E-state index contributed by atoms with van der Waals surface area (Å²) >= 11 is 0. The maximum atomic E-state index is 12.7. The minimum Gasteiger partial charge on any atom is -0.468 e. The van der Waals surface area contributed by atoms with Crippen LogP contribution in [0.15, 0.2) is 4.79 Å². The molecule has 23 heavy (non-hydrogen) atoms. The zero-order chi connectivity index (χ0) is 16.4. The smallest absolute Gasteiger partial charge is 0.300 e. The number of nitrogens with zero attached hydrogens (tertiary/aromatic N) is 5. The van der Waals surface area contributed by atoms with Gasteiger partial charge in [-0.3, -0.25) is 13.9 Å². The monoisotopic (exact) mass is 315 g/mol. The van der Waals surface area contributed by atoms with Gasteiger partial charge in [-0.15, -0.1) is 5.92 Å². The third kappa shape index (κ3) is 2.65. The van der Waals surface area contributed by atoms with Gasteiger partial charge in [0, 0.05) is 20.1 Å². The average Bonchev–Trinajstić information content (AvgIpc) is 2.95. The van der Waals surface area contributed by atoms with E-state index < -0.39 is 0 Å². The first kappa shape index (κ1) is 15.4. The molecule has 3 heterocycles. The van der Waals surface area contributed by atoms with E-state index in [1.807, 2.05) is 4.57 Å². The van der Waals surface area contributed by atoms with Gasteiger partial charge in [-0.05, 0) is 26.2 Å². The van der Waals surface area contributed by atoms with Gasteiger partial charge in [-0.2, -0.15) is 9.97 Å². The Labute approximate surface area is 134 Å². The first-order valence-electron chi connectivity index (χ1n) is 7.83. The van der Waals surface area contributed by atoms with Gasteiger partial charge in [-0.1, -0.05) is 5.92 Å². The van der Waals surface area contributed by atoms with E-state index in [0.717, 1.165) is 31.9 Å². The van der Waals surface area contributed by atoms with Gasteiger partial charge < -0.3 is 9.64 Å². The van der Waals surface area contributed by atoms with Gasteiger partial charge in [0.25, 0.3) is 5.56 Å². The molecule has 0 radical (unpaired) electrons. The number of aromatic nitrogens is 4. The Hall–Kier alpha value is -2.49. The molecule has 2 aromatic rings. The SMILES string of the molecule is CC#CCn1c(N2CCCCC2)nc2nc(OC)n(C)c(=O)c21. The van der Waals surface area contributed by atoms with Crippen LogP contribution >= 0.6 is 0 Å². The van der Waals surface area contributed by atoms with Crippen LogP contribution in [0.4, 0.5) is 5.95 Å². The number of piperidine rings is 1. The van der Waals surface area contributed by atoms with Crippen LogP contribution in [0.5, 0.6) is 6.01 Å². The molecular weight excluding hydrogens is 294 g/mol. The van der Waals surface area contributed by atoms with Gasteiger partial charge in [0.05, 0.1) is 13.7 Å². The zero-order valence-corrected chi connectivity index (χ0v) is 13.8. The molecule has 0 spiro atoms. The summed E-state index contributed by atoms with van der Waals surface area (Å²) in [5.41, 5.74) is 0.737. The Morgan fingerprint density at radius 1 is 1.22 bits per heavy atom. The van der Waals surface area contributed by atoms with Crippen molar-refractivity contribution in [3.05, 3.63) is 10.4 Å². The van der Waals surface area contributed by atoms with Crippen molar-refractivity contribution in [3.8, 4) is 17.9 Å². The highest BCUT2D eigenvalue weighted by molar-refractivity contribution is 5.74. The molecule has 0 amide bonds. The van der Waals surface area contributed by atoms with Gasteiger partial charge in [0.2, 0.25) is 5.95 Å². The summed E-state index contributed by atoms with van der Waals surface area (Å²) in [7, 11) is 3.15. The topological polar surface area (TPSA) is 65.2 Å². The first-order valence-corrected chi connectivity index (χ1v) is 7.83. The molecule has 122 valence electrons. The summed E-state index contributed by atoms with van der Waals surface area (Å²) in [5, 5.41) is 0. The third-order valence-corrected chi connectivity index (χ3v) is 4.16. The van der Waals surface area contributed by atoms with Gasteiger partial charge in [0.15, 0.2) is 11.2 Å². The Bertz CT molecular complexity index is 834. The van der Waals surface area contributed by atoms with E-state index in [9.17, 15) is 4.79 Å².